The smallest absolute Gasteiger partial charge is 0.134 e. The molecule has 3 heteroatoms. The number of nitrogens with one attached hydrogen (secondary N) is 1. The third-order valence-corrected chi connectivity index (χ3v) is 2.31. The Morgan fingerprint density at radius 2 is 2.21 bits per heavy atom. The minimum atomic E-state index is -0.215. The van der Waals surface area contributed by atoms with Crippen molar-refractivity contribution in [2.45, 2.75) is 6.92 Å². The molecule has 0 aromatic heterocycles. The molecule has 14 heavy (non-hydrogen) atoms. The minimum Gasteiger partial charge on any atom is -0.369 e. The Bertz CT molecular complexity index is 360. The quantitative estimate of drug-likeness (QED) is 0.721. The van der Waals surface area contributed by atoms with Gasteiger partial charge in [-0.3, -0.25) is 4.99 Å². The van der Waals surface area contributed by atoms with E-state index in [2.05, 4.69) is 17.2 Å². The van der Waals surface area contributed by atoms with E-state index in [-0.39, 0.29) is 5.82 Å². The molecule has 1 aliphatic rings. The van der Waals surface area contributed by atoms with Crippen LogP contribution in [0.5, 0.6) is 0 Å². The third kappa shape index (κ3) is 1.76. The maximum atomic E-state index is 13.4. The predicted molar refractivity (Wildman–Crippen MR) is 55.0 cm³/mol. The molecule has 1 aliphatic heterocycles. The van der Waals surface area contributed by atoms with Crippen LogP contribution in [0.2, 0.25) is 0 Å². The van der Waals surface area contributed by atoms with Crippen molar-refractivity contribution in [1.29, 1.82) is 0 Å². The summed E-state index contributed by atoms with van der Waals surface area (Å²) in [4.78, 5) is 4.31. The van der Waals surface area contributed by atoms with Gasteiger partial charge in [0, 0.05) is 13.1 Å². The standard InChI is InChI=1S/C11H13FN2/c1-8-6-13-11(14-7-8)9-4-2-3-5-10(9)12/h2-5,8H,6-7H2,1H3,(H,13,14). The fourth-order valence-electron chi connectivity index (χ4n) is 1.47. The molecule has 1 aromatic carbocycles. The maximum absolute atomic E-state index is 13.4. The number of amidine groups is 1. The predicted octanol–water partition coefficient (Wildman–Crippen LogP) is 1.81. The number of benzene rings is 1. The molecule has 1 atom stereocenters. The largest absolute Gasteiger partial charge is 0.369 e. The molecule has 0 saturated carbocycles. The lowest BCUT2D eigenvalue weighted by Crippen LogP contribution is -2.35. The molecule has 0 bridgehead atoms. The second-order valence-corrected chi connectivity index (χ2v) is 3.66. The molecule has 0 spiro atoms. The van der Waals surface area contributed by atoms with Crippen molar-refractivity contribution in [3.63, 3.8) is 0 Å². The average Bonchev–Trinajstić information content (AvgIpc) is 2.20. The molecule has 1 heterocycles. The Labute approximate surface area is 82.9 Å². The fraction of sp³-hybridized carbons (Fsp3) is 0.364. The molecule has 0 amide bonds. The van der Waals surface area contributed by atoms with Gasteiger partial charge in [0.1, 0.15) is 11.7 Å². The first-order valence-corrected chi connectivity index (χ1v) is 4.80. The second-order valence-electron chi connectivity index (χ2n) is 3.66. The molecule has 0 saturated heterocycles. The van der Waals surface area contributed by atoms with Crippen LogP contribution in [-0.2, 0) is 0 Å². The fourth-order valence-corrected chi connectivity index (χ4v) is 1.47. The van der Waals surface area contributed by atoms with Crippen LogP contribution < -0.4 is 5.32 Å². The van der Waals surface area contributed by atoms with E-state index in [1.54, 1.807) is 12.1 Å². The second kappa shape index (κ2) is 3.78. The molecule has 0 fully saturated rings. The van der Waals surface area contributed by atoms with E-state index < -0.39 is 0 Å². The normalized spacial score (nSPS) is 21.3. The van der Waals surface area contributed by atoms with Gasteiger partial charge in [-0.05, 0) is 18.1 Å². The van der Waals surface area contributed by atoms with Gasteiger partial charge in [-0.2, -0.15) is 0 Å². The third-order valence-electron chi connectivity index (χ3n) is 2.31. The summed E-state index contributed by atoms with van der Waals surface area (Å²) in [5.74, 6) is 1.00. The molecule has 1 aromatic rings. The van der Waals surface area contributed by atoms with Crippen molar-refractivity contribution in [3.8, 4) is 0 Å². The molecule has 2 nitrogen and oxygen atoms in total. The number of aliphatic imine (C=N–C) groups is 1. The summed E-state index contributed by atoms with van der Waals surface area (Å²) < 4.78 is 13.4. The van der Waals surface area contributed by atoms with Crippen molar-refractivity contribution in [1.82, 2.24) is 5.32 Å². The number of rotatable bonds is 1. The van der Waals surface area contributed by atoms with Crippen LogP contribution in [0.3, 0.4) is 0 Å². The van der Waals surface area contributed by atoms with Gasteiger partial charge < -0.3 is 5.32 Å². The summed E-state index contributed by atoms with van der Waals surface area (Å²) in [6, 6.07) is 6.71. The van der Waals surface area contributed by atoms with E-state index >= 15 is 0 Å². The first-order valence-electron chi connectivity index (χ1n) is 4.80. The summed E-state index contributed by atoms with van der Waals surface area (Å²) in [5.41, 5.74) is 0.569. The highest BCUT2D eigenvalue weighted by atomic mass is 19.1. The number of hydrogen-bond donors (Lipinski definition) is 1. The molecule has 74 valence electrons. The Morgan fingerprint density at radius 3 is 2.86 bits per heavy atom. The maximum Gasteiger partial charge on any atom is 0.134 e. The van der Waals surface area contributed by atoms with Gasteiger partial charge in [-0.1, -0.05) is 19.1 Å². The minimum absolute atomic E-state index is 0.215. The van der Waals surface area contributed by atoms with Crippen LogP contribution in [-0.4, -0.2) is 18.9 Å². The van der Waals surface area contributed by atoms with Crippen LogP contribution in [0.1, 0.15) is 12.5 Å². The topological polar surface area (TPSA) is 24.4 Å². The summed E-state index contributed by atoms with van der Waals surface area (Å²) in [7, 11) is 0. The molecule has 1 N–H and O–H groups in total. The highest BCUT2D eigenvalue weighted by Crippen LogP contribution is 2.10. The number of hydrogen-bond acceptors (Lipinski definition) is 2. The van der Waals surface area contributed by atoms with E-state index in [4.69, 9.17) is 0 Å². The van der Waals surface area contributed by atoms with Crippen LogP contribution in [0.4, 0.5) is 4.39 Å². The summed E-state index contributed by atoms with van der Waals surface area (Å²) >= 11 is 0. The van der Waals surface area contributed by atoms with E-state index in [0.29, 0.717) is 17.3 Å². The number of nitrogens with zero attached hydrogens (tertiary/aromatic N) is 1. The van der Waals surface area contributed by atoms with Crippen LogP contribution >= 0.6 is 0 Å². The summed E-state index contributed by atoms with van der Waals surface area (Å²) in [6.07, 6.45) is 0. The van der Waals surface area contributed by atoms with Gasteiger partial charge in [0.05, 0.1) is 5.56 Å². The first-order chi connectivity index (χ1) is 6.77. The molecular weight excluding hydrogens is 179 g/mol. The molecule has 2 rings (SSSR count). The number of halogens is 1. The zero-order valence-corrected chi connectivity index (χ0v) is 8.13. The van der Waals surface area contributed by atoms with Gasteiger partial charge in [-0.15, -0.1) is 0 Å². The van der Waals surface area contributed by atoms with Gasteiger partial charge >= 0.3 is 0 Å². The summed E-state index contributed by atoms with van der Waals surface area (Å²) in [5, 5.41) is 3.14. The van der Waals surface area contributed by atoms with E-state index in [1.807, 2.05) is 6.07 Å². The van der Waals surface area contributed by atoms with Gasteiger partial charge in [0.15, 0.2) is 0 Å². The van der Waals surface area contributed by atoms with Crippen LogP contribution in [0, 0.1) is 11.7 Å². The monoisotopic (exact) mass is 192 g/mol. The lowest BCUT2D eigenvalue weighted by molar-refractivity contribution is 0.551. The Hall–Kier alpha value is -1.38. The van der Waals surface area contributed by atoms with Crippen molar-refractivity contribution in [2.75, 3.05) is 13.1 Å². The zero-order valence-electron chi connectivity index (χ0n) is 8.13. The molecule has 1 unspecified atom stereocenters. The van der Waals surface area contributed by atoms with E-state index in [0.717, 1.165) is 13.1 Å². The Balaban J connectivity index is 2.28. The molecule has 0 radical (unpaired) electrons. The van der Waals surface area contributed by atoms with E-state index in [9.17, 15) is 4.39 Å². The van der Waals surface area contributed by atoms with Crippen molar-refractivity contribution >= 4 is 5.84 Å². The van der Waals surface area contributed by atoms with Gasteiger partial charge in [0.25, 0.3) is 0 Å². The van der Waals surface area contributed by atoms with Gasteiger partial charge in [-0.25, -0.2) is 4.39 Å². The SMILES string of the molecule is CC1CN=C(c2ccccc2F)NC1. The Kier molecular flexibility index (Phi) is 2.48. The summed E-state index contributed by atoms with van der Waals surface area (Å²) in [6.45, 7) is 3.76. The average molecular weight is 192 g/mol. The highest BCUT2D eigenvalue weighted by molar-refractivity contribution is 5.99. The zero-order chi connectivity index (χ0) is 9.97. The van der Waals surface area contributed by atoms with Crippen LogP contribution in [0.15, 0.2) is 29.3 Å². The molecular formula is C11H13FN2. The van der Waals surface area contributed by atoms with Crippen LogP contribution in [0.25, 0.3) is 0 Å². The van der Waals surface area contributed by atoms with E-state index in [1.165, 1.54) is 6.07 Å². The molecule has 0 aliphatic carbocycles. The Morgan fingerprint density at radius 1 is 1.43 bits per heavy atom. The lowest BCUT2D eigenvalue weighted by atomic mass is 10.1. The van der Waals surface area contributed by atoms with Gasteiger partial charge in [0.2, 0.25) is 0 Å². The van der Waals surface area contributed by atoms with Crippen molar-refractivity contribution in [2.24, 2.45) is 10.9 Å². The highest BCUT2D eigenvalue weighted by Gasteiger charge is 2.14. The van der Waals surface area contributed by atoms with Crippen molar-refractivity contribution < 1.29 is 4.39 Å². The van der Waals surface area contributed by atoms with Crippen molar-refractivity contribution in [3.05, 3.63) is 35.6 Å². The first kappa shape index (κ1) is 9.19. The lowest BCUT2D eigenvalue weighted by Gasteiger charge is -2.20.